The average molecular weight is 246 g/mol. The monoisotopic (exact) mass is 246 g/mol. The van der Waals surface area contributed by atoms with E-state index in [1.165, 1.54) is 6.07 Å². The molecule has 1 N–H and O–H groups in total. The topological polar surface area (TPSA) is 38.1 Å². The number of hydrogen-bond donors (Lipinski definition) is 1. The van der Waals surface area contributed by atoms with E-state index < -0.39 is 0 Å². The van der Waals surface area contributed by atoms with Crippen LogP contribution in [-0.2, 0) is 6.42 Å². The molecule has 1 atom stereocenters. The van der Waals surface area contributed by atoms with Crippen molar-refractivity contribution in [1.82, 2.24) is 5.16 Å². The molecule has 3 rings (SSSR count). The third-order valence-electron chi connectivity index (χ3n) is 3.54. The van der Waals surface area contributed by atoms with Crippen LogP contribution in [0.5, 0.6) is 0 Å². The zero-order valence-corrected chi connectivity index (χ0v) is 10.2. The molecule has 3 nitrogen and oxygen atoms in total. The molecule has 1 unspecified atom stereocenters. The van der Waals surface area contributed by atoms with Crippen molar-refractivity contribution in [2.24, 2.45) is 0 Å². The second-order valence-corrected chi connectivity index (χ2v) is 4.62. The van der Waals surface area contributed by atoms with Crippen LogP contribution in [-0.4, -0.2) is 12.2 Å². The minimum atomic E-state index is -0.193. The summed E-state index contributed by atoms with van der Waals surface area (Å²) in [4.78, 5) is 0. The third kappa shape index (κ3) is 1.78. The molecular weight excluding hydrogens is 231 g/mol. The van der Waals surface area contributed by atoms with E-state index in [0.717, 1.165) is 36.1 Å². The number of nitrogens with one attached hydrogen (secondary N) is 1. The van der Waals surface area contributed by atoms with E-state index in [1.807, 2.05) is 13.1 Å². The van der Waals surface area contributed by atoms with Gasteiger partial charge in [-0.05, 0) is 37.0 Å². The summed E-state index contributed by atoms with van der Waals surface area (Å²) in [6.45, 7) is 0. The summed E-state index contributed by atoms with van der Waals surface area (Å²) < 4.78 is 18.6. The maximum Gasteiger partial charge on any atom is 0.228 e. The van der Waals surface area contributed by atoms with E-state index in [1.54, 1.807) is 12.1 Å². The number of anilines is 1. The Balaban J connectivity index is 2.07. The summed E-state index contributed by atoms with van der Waals surface area (Å²) >= 11 is 0. The lowest BCUT2D eigenvalue weighted by molar-refractivity contribution is 0.424. The quantitative estimate of drug-likeness (QED) is 0.883. The van der Waals surface area contributed by atoms with Gasteiger partial charge in [0.2, 0.25) is 5.88 Å². The van der Waals surface area contributed by atoms with Crippen molar-refractivity contribution in [2.75, 3.05) is 12.4 Å². The Morgan fingerprint density at radius 3 is 3.11 bits per heavy atom. The zero-order chi connectivity index (χ0) is 12.5. The Labute approximate surface area is 105 Å². The third-order valence-corrected chi connectivity index (χ3v) is 3.54. The van der Waals surface area contributed by atoms with Gasteiger partial charge in [-0.15, -0.1) is 0 Å². The molecule has 0 radical (unpaired) electrons. The molecule has 2 aromatic rings. The number of nitrogens with zero attached hydrogens (tertiary/aromatic N) is 1. The van der Waals surface area contributed by atoms with Crippen LogP contribution >= 0.6 is 0 Å². The fourth-order valence-electron chi connectivity index (χ4n) is 2.72. The van der Waals surface area contributed by atoms with Crippen molar-refractivity contribution in [3.63, 3.8) is 0 Å². The van der Waals surface area contributed by atoms with Crippen LogP contribution in [0.15, 0.2) is 28.8 Å². The number of hydrogen-bond acceptors (Lipinski definition) is 3. The normalized spacial score (nSPS) is 18.4. The molecule has 0 aliphatic heterocycles. The second kappa shape index (κ2) is 4.44. The largest absolute Gasteiger partial charge is 0.357 e. The number of aryl methyl sites for hydroxylation is 1. The predicted molar refractivity (Wildman–Crippen MR) is 67.2 cm³/mol. The number of fused-ring (bicyclic) bond motifs is 1. The lowest BCUT2D eigenvalue weighted by Crippen LogP contribution is -2.11. The Morgan fingerprint density at radius 1 is 1.44 bits per heavy atom. The van der Waals surface area contributed by atoms with Crippen LogP contribution < -0.4 is 5.32 Å². The number of benzene rings is 1. The standard InChI is InChI=1S/C14H15FN2O/c1-16-14-13-11(6-3-7-12(13)17-18-14)9-4-2-5-10(15)8-9/h2,4-5,8,11,16H,3,6-7H2,1H3. The summed E-state index contributed by atoms with van der Waals surface area (Å²) in [5.74, 6) is 0.694. The van der Waals surface area contributed by atoms with Crippen molar-refractivity contribution >= 4 is 5.88 Å². The molecule has 0 fully saturated rings. The van der Waals surface area contributed by atoms with E-state index in [0.29, 0.717) is 5.88 Å². The highest BCUT2D eigenvalue weighted by atomic mass is 19.1. The van der Waals surface area contributed by atoms with Gasteiger partial charge in [-0.2, -0.15) is 0 Å². The van der Waals surface area contributed by atoms with Gasteiger partial charge < -0.3 is 9.84 Å². The zero-order valence-electron chi connectivity index (χ0n) is 10.2. The molecule has 0 amide bonds. The van der Waals surface area contributed by atoms with Crippen LogP contribution in [0.25, 0.3) is 0 Å². The van der Waals surface area contributed by atoms with Crippen molar-refractivity contribution < 1.29 is 8.91 Å². The van der Waals surface area contributed by atoms with Crippen LogP contribution in [0.4, 0.5) is 10.3 Å². The molecule has 18 heavy (non-hydrogen) atoms. The lowest BCUT2D eigenvalue weighted by Gasteiger charge is -2.22. The molecule has 1 heterocycles. The van der Waals surface area contributed by atoms with Crippen LogP contribution in [0.3, 0.4) is 0 Å². The van der Waals surface area contributed by atoms with Gasteiger partial charge in [0.05, 0.1) is 5.69 Å². The number of rotatable bonds is 2. The Morgan fingerprint density at radius 2 is 2.33 bits per heavy atom. The minimum absolute atomic E-state index is 0.179. The summed E-state index contributed by atoms with van der Waals surface area (Å²) in [6.07, 6.45) is 3.00. The van der Waals surface area contributed by atoms with Gasteiger partial charge in [0.25, 0.3) is 0 Å². The lowest BCUT2D eigenvalue weighted by atomic mass is 9.82. The number of aromatic nitrogens is 1. The molecule has 0 bridgehead atoms. The molecule has 1 aromatic heterocycles. The summed E-state index contributed by atoms with van der Waals surface area (Å²) in [5, 5.41) is 7.12. The summed E-state index contributed by atoms with van der Waals surface area (Å²) in [5.41, 5.74) is 3.09. The first-order valence-electron chi connectivity index (χ1n) is 6.21. The van der Waals surface area contributed by atoms with E-state index >= 15 is 0 Å². The van der Waals surface area contributed by atoms with Crippen LogP contribution in [0.2, 0.25) is 0 Å². The van der Waals surface area contributed by atoms with Gasteiger partial charge in [-0.3, -0.25) is 0 Å². The average Bonchev–Trinajstić information content (AvgIpc) is 2.81. The van der Waals surface area contributed by atoms with Gasteiger partial charge in [-0.1, -0.05) is 17.3 Å². The van der Waals surface area contributed by atoms with Gasteiger partial charge in [0.15, 0.2) is 0 Å². The highest BCUT2D eigenvalue weighted by Crippen LogP contribution is 2.40. The molecule has 94 valence electrons. The molecule has 4 heteroatoms. The fraction of sp³-hybridized carbons (Fsp3) is 0.357. The van der Waals surface area contributed by atoms with Gasteiger partial charge in [-0.25, -0.2) is 4.39 Å². The van der Waals surface area contributed by atoms with Crippen molar-refractivity contribution in [3.05, 3.63) is 46.9 Å². The van der Waals surface area contributed by atoms with Crippen molar-refractivity contribution in [2.45, 2.75) is 25.2 Å². The fourth-order valence-corrected chi connectivity index (χ4v) is 2.72. The summed E-state index contributed by atoms with van der Waals surface area (Å²) in [6, 6.07) is 6.80. The first kappa shape index (κ1) is 11.3. The SMILES string of the molecule is CNc1onc2c1C(c1cccc(F)c1)CCC2. The molecule has 0 spiro atoms. The highest BCUT2D eigenvalue weighted by Gasteiger charge is 2.29. The molecule has 1 aliphatic carbocycles. The second-order valence-electron chi connectivity index (χ2n) is 4.62. The molecular formula is C14H15FN2O. The van der Waals surface area contributed by atoms with E-state index in [9.17, 15) is 4.39 Å². The maximum absolute atomic E-state index is 13.4. The Hall–Kier alpha value is -1.84. The smallest absolute Gasteiger partial charge is 0.228 e. The molecule has 0 saturated carbocycles. The molecule has 1 aromatic carbocycles. The van der Waals surface area contributed by atoms with E-state index in [-0.39, 0.29) is 11.7 Å². The first-order valence-corrected chi connectivity index (χ1v) is 6.21. The predicted octanol–water partition coefficient (Wildman–Crippen LogP) is 3.32. The molecule has 1 aliphatic rings. The van der Waals surface area contributed by atoms with Crippen LogP contribution in [0.1, 0.15) is 35.6 Å². The minimum Gasteiger partial charge on any atom is -0.357 e. The van der Waals surface area contributed by atoms with Gasteiger partial charge >= 0.3 is 0 Å². The maximum atomic E-state index is 13.4. The Kier molecular flexibility index (Phi) is 2.78. The van der Waals surface area contributed by atoms with Crippen molar-refractivity contribution in [3.8, 4) is 0 Å². The molecule has 0 saturated heterocycles. The van der Waals surface area contributed by atoms with E-state index in [2.05, 4.69) is 10.5 Å². The van der Waals surface area contributed by atoms with Gasteiger partial charge in [0, 0.05) is 18.5 Å². The van der Waals surface area contributed by atoms with E-state index in [4.69, 9.17) is 4.52 Å². The Bertz CT molecular complexity index is 551. The van der Waals surface area contributed by atoms with Gasteiger partial charge in [0.1, 0.15) is 5.82 Å². The van der Waals surface area contributed by atoms with Crippen LogP contribution in [0, 0.1) is 5.82 Å². The summed E-state index contributed by atoms with van der Waals surface area (Å²) in [7, 11) is 1.82. The number of halogens is 1. The van der Waals surface area contributed by atoms with Crippen molar-refractivity contribution in [1.29, 1.82) is 0 Å². The first-order chi connectivity index (χ1) is 8.79. The highest BCUT2D eigenvalue weighted by molar-refractivity contribution is 5.50.